The number of benzene rings is 2. The summed E-state index contributed by atoms with van der Waals surface area (Å²) in [5, 5.41) is 7.29. The van der Waals surface area contributed by atoms with Crippen LogP contribution in [0.15, 0.2) is 66.7 Å². The van der Waals surface area contributed by atoms with Gasteiger partial charge in [0.15, 0.2) is 0 Å². The molecule has 0 saturated heterocycles. The molecule has 19 heavy (non-hydrogen) atoms. The summed E-state index contributed by atoms with van der Waals surface area (Å²) in [5.74, 6) is 0.860. The van der Waals surface area contributed by atoms with Gasteiger partial charge < -0.3 is 4.74 Å². The van der Waals surface area contributed by atoms with Gasteiger partial charge >= 0.3 is 0 Å². The first-order valence-corrected chi connectivity index (χ1v) is 6.19. The van der Waals surface area contributed by atoms with E-state index in [1.807, 2.05) is 66.7 Å². The van der Waals surface area contributed by atoms with Crippen LogP contribution in [0.5, 0.6) is 5.75 Å². The maximum Gasteiger partial charge on any atom is 0.130 e. The summed E-state index contributed by atoms with van der Waals surface area (Å²) in [7, 11) is 0. The maximum absolute atomic E-state index is 5.67. The Kier molecular flexibility index (Phi) is 3.28. The van der Waals surface area contributed by atoms with E-state index in [2.05, 4.69) is 10.2 Å². The average Bonchev–Trinajstić information content (AvgIpc) is 2.96. The van der Waals surface area contributed by atoms with Crippen LogP contribution in [0.4, 0.5) is 0 Å². The van der Waals surface area contributed by atoms with Crippen LogP contribution in [0.2, 0.25) is 0 Å². The molecule has 94 valence electrons. The van der Waals surface area contributed by atoms with Gasteiger partial charge in [0.2, 0.25) is 0 Å². The Balaban J connectivity index is 1.69. The number of hydrogen-bond acceptors (Lipinski definition) is 2. The van der Waals surface area contributed by atoms with Crippen molar-refractivity contribution in [3.05, 3.63) is 72.4 Å². The van der Waals surface area contributed by atoms with Crippen molar-refractivity contribution in [1.29, 1.82) is 0 Å². The predicted molar refractivity (Wildman–Crippen MR) is 74.8 cm³/mol. The molecule has 0 fully saturated rings. The molecular formula is C16H14N2O. The van der Waals surface area contributed by atoms with Gasteiger partial charge in [-0.05, 0) is 18.2 Å². The molecule has 1 N–H and O–H groups in total. The van der Waals surface area contributed by atoms with Crippen LogP contribution in [0, 0.1) is 0 Å². The fourth-order valence-electron chi connectivity index (χ4n) is 1.87. The smallest absolute Gasteiger partial charge is 0.130 e. The van der Waals surface area contributed by atoms with Crippen LogP contribution >= 0.6 is 0 Å². The van der Waals surface area contributed by atoms with E-state index >= 15 is 0 Å². The fourth-order valence-corrected chi connectivity index (χ4v) is 1.87. The van der Waals surface area contributed by atoms with Gasteiger partial charge in [-0.3, -0.25) is 5.10 Å². The highest BCUT2D eigenvalue weighted by Gasteiger charge is 2.03. The molecule has 0 atom stereocenters. The molecule has 0 radical (unpaired) electrons. The summed E-state index contributed by atoms with van der Waals surface area (Å²) in [6.07, 6.45) is 0. The third kappa shape index (κ3) is 2.83. The minimum Gasteiger partial charge on any atom is -0.487 e. The summed E-state index contributed by atoms with van der Waals surface area (Å²) in [4.78, 5) is 0. The number of hydrogen-bond donors (Lipinski definition) is 1. The second-order valence-corrected chi connectivity index (χ2v) is 4.25. The lowest BCUT2D eigenvalue weighted by Crippen LogP contribution is -1.95. The minimum absolute atomic E-state index is 0.490. The highest BCUT2D eigenvalue weighted by molar-refractivity contribution is 5.58. The monoisotopic (exact) mass is 250 g/mol. The first kappa shape index (κ1) is 11.5. The van der Waals surface area contributed by atoms with Gasteiger partial charge in [0, 0.05) is 5.56 Å². The number of nitrogens with one attached hydrogen (secondary N) is 1. The van der Waals surface area contributed by atoms with E-state index in [0.717, 1.165) is 22.7 Å². The lowest BCUT2D eigenvalue weighted by atomic mass is 10.1. The molecule has 0 amide bonds. The molecule has 0 unspecified atom stereocenters. The molecule has 3 nitrogen and oxygen atoms in total. The number of nitrogens with zero attached hydrogens (tertiary/aromatic N) is 1. The van der Waals surface area contributed by atoms with Gasteiger partial charge in [-0.15, -0.1) is 0 Å². The number of aromatic amines is 1. The van der Waals surface area contributed by atoms with Gasteiger partial charge in [-0.2, -0.15) is 5.10 Å². The molecule has 3 rings (SSSR count). The largest absolute Gasteiger partial charge is 0.487 e. The second kappa shape index (κ2) is 5.40. The van der Waals surface area contributed by atoms with Gasteiger partial charge in [-0.1, -0.05) is 48.5 Å². The van der Waals surface area contributed by atoms with E-state index in [9.17, 15) is 0 Å². The maximum atomic E-state index is 5.67. The van der Waals surface area contributed by atoms with E-state index < -0.39 is 0 Å². The lowest BCUT2D eigenvalue weighted by Gasteiger charge is -2.02. The van der Waals surface area contributed by atoms with Crippen molar-refractivity contribution >= 4 is 0 Å². The van der Waals surface area contributed by atoms with Gasteiger partial charge in [0.1, 0.15) is 12.4 Å². The number of H-pyrrole nitrogens is 1. The van der Waals surface area contributed by atoms with Crippen LogP contribution in [0.25, 0.3) is 11.3 Å². The highest BCUT2D eigenvalue weighted by Crippen LogP contribution is 2.18. The topological polar surface area (TPSA) is 37.9 Å². The van der Waals surface area contributed by atoms with E-state index in [0.29, 0.717) is 6.61 Å². The molecule has 0 bridgehead atoms. The zero-order valence-electron chi connectivity index (χ0n) is 10.4. The predicted octanol–water partition coefficient (Wildman–Crippen LogP) is 3.66. The molecule has 1 aromatic heterocycles. The van der Waals surface area contributed by atoms with Gasteiger partial charge in [-0.25, -0.2) is 0 Å². The SMILES string of the molecule is c1ccc(OCc2cc(-c3ccccc3)n[nH]2)cc1. The van der Waals surface area contributed by atoms with Crippen molar-refractivity contribution in [2.45, 2.75) is 6.61 Å². The van der Waals surface area contributed by atoms with Crippen LogP contribution < -0.4 is 4.74 Å². The minimum atomic E-state index is 0.490. The molecule has 2 aromatic carbocycles. The van der Waals surface area contributed by atoms with Crippen molar-refractivity contribution in [3.8, 4) is 17.0 Å². The molecule has 0 aliphatic rings. The Bertz CT molecular complexity index is 632. The Morgan fingerprint density at radius 2 is 1.58 bits per heavy atom. The molecule has 1 heterocycles. The summed E-state index contributed by atoms with van der Waals surface area (Å²) < 4.78 is 5.67. The Hall–Kier alpha value is -2.55. The second-order valence-electron chi connectivity index (χ2n) is 4.25. The normalized spacial score (nSPS) is 10.3. The quantitative estimate of drug-likeness (QED) is 0.767. The molecule has 3 aromatic rings. The number of aromatic nitrogens is 2. The highest BCUT2D eigenvalue weighted by atomic mass is 16.5. The van der Waals surface area contributed by atoms with Gasteiger partial charge in [0.05, 0.1) is 11.4 Å². The summed E-state index contributed by atoms with van der Waals surface area (Å²) in [6, 6.07) is 21.9. The van der Waals surface area contributed by atoms with E-state index in [1.54, 1.807) is 0 Å². The summed E-state index contributed by atoms with van der Waals surface area (Å²) in [5.41, 5.74) is 3.00. The molecular weight excluding hydrogens is 236 g/mol. The standard InChI is InChI=1S/C16H14N2O/c1-3-7-13(8-4-1)16-11-14(17-18-16)12-19-15-9-5-2-6-10-15/h1-11H,12H2,(H,17,18). The van der Waals surface area contributed by atoms with E-state index in [1.165, 1.54) is 0 Å². The fraction of sp³-hybridized carbons (Fsp3) is 0.0625. The van der Waals surface area contributed by atoms with Crippen LogP contribution in [0.1, 0.15) is 5.69 Å². The van der Waals surface area contributed by atoms with Crippen LogP contribution in [0.3, 0.4) is 0 Å². The van der Waals surface area contributed by atoms with E-state index in [-0.39, 0.29) is 0 Å². The molecule has 3 heteroatoms. The van der Waals surface area contributed by atoms with Crippen molar-refractivity contribution in [1.82, 2.24) is 10.2 Å². The summed E-state index contributed by atoms with van der Waals surface area (Å²) >= 11 is 0. The number of para-hydroxylation sites is 1. The Labute approximate surface area is 111 Å². The number of rotatable bonds is 4. The van der Waals surface area contributed by atoms with E-state index in [4.69, 9.17) is 4.74 Å². The zero-order chi connectivity index (χ0) is 12.9. The van der Waals surface area contributed by atoms with Gasteiger partial charge in [0.25, 0.3) is 0 Å². The third-order valence-electron chi connectivity index (χ3n) is 2.84. The van der Waals surface area contributed by atoms with Crippen molar-refractivity contribution in [2.24, 2.45) is 0 Å². The van der Waals surface area contributed by atoms with Crippen molar-refractivity contribution < 1.29 is 4.74 Å². The molecule has 0 saturated carbocycles. The summed E-state index contributed by atoms with van der Waals surface area (Å²) in [6.45, 7) is 0.490. The Morgan fingerprint density at radius 3 is 2.32 bits per heavy atom. The first-order valence-electron chi connectivity index (χ1n) is 6.19. The third-order valence-corrected chi connectivity index (χ3v) is 2.84. The molecule has 0 aliphatic heterocycles. The van der Waals surface area contributed by atoms with Crippen molar-refractivity contribution in [3.63, 3.8) is 0 Å². The van der Waals surface area contributed by atoms with Crippen LogP contribution in [-0.4, -0.2) is 10.2 Å². The average molecular weight is 250 g/mol. The molecule has 0 aliphatic carbocycles. The van der Waals surface area contributed by atoms with Crippen molar-refractivity contribution in [2.75, 3.05) is 0 Å². The van der Waals surface area contributed by atoms with Crippen LogP contribution in [-0.2, 0) is 6.61 Å². The number of ether oxygens (including phenoxy) is 1. The Morgan fingerprint density at radius 1 is 0.895 bits per heavy atom. The lowest BCUT2D eigenvalue weighted by molar-refractivity contribution is 0.301. The molecule has 0 spiro atoms. The first-order chi connectivity index (χ1) is 9.42. The zero-order valence-corrected chi connectivity index (χ0v) is 10.4.